The van der Waals surface area contributed by atoms with Crippen molar-refractivity contribution < 1.29 is 25.9 Å². The average Bonchev–Trinajstić information content (AvgIpc) is 3.73. The molecule has 0 saturated carbocycles. The van der Waals surface area contributed by atoms with Gasteiger partial charge < -0.3 is 14.0 Å². The van der Waals surface area contributed by atoms with E-state index in [0.29, 0.717) is 11.8 Å². The number of nitrogens with zero attached hydrogens (tertiary/aromatic N) is 3. The zero-order chi connectivity index (χ0) is 38.4. The van der Waals surface area contributed by atoms with Gasteiger partial charge in [-0.25, -0.2) is 0 Å². The summed E-state index contributed by atoms with van der Waals surface area (Å²) in [6.07, 6.45) is 2.00. The minimum atomic E-state index is -1.29. The molecular formula is C48H49IrN3OSi-2. The first-order chi connectivity index (χ1) is 25.7. The molecule has 0 amide bonds. The van der Waals surface area contributed by atoms with Crippen LogP contribution in [-0.4, -0.2) is 22.6 Å². The summed E-state index contributed by atoms with van der Waals surface area (Å²) in [6, 6.07) is 44.2. The van der Waals surface area contributed by atoms with E-state index in [9.17, 15) is 0 Å². The van der Waals surface area contributed by atoms with Crippen LogP contribution >= 0.6 is 0 Å². The molecule has 0 aliphatic rings. The normalized spacial score (nSPS) is 12.2. The Bertz CT molecular complexity index is 2490. The Balaban J connectivity index is 0.000000211. The van der Waals surface area contributed by atoms with Gasteiger partial charge in [0.25, 0.3) is 0 Å². The molecule has 3 heterocycles. The van der Waals surface area contributed by atoms with Crippen LogP contribution < -0.4 is 5.19 Å². The standard InChI is InChI=1S/C31H27N2O.C17H22NSi.Ir/c1-19(2)21-12-9-13-22(20(3)4)29(21)33-27-17-7-6-16-26(27)32-31(33)25-15-10-14-24-23-11-5-8-18-28(23)34-30(24)25;1-13(2)14-6-8-15(9-7-14)17-11-10-16(12-18-17)19(3,4)5;/h5-14,16-20H,1-4H3;6-8,10-13H,1-5H3;/q2*-1;/i;13D;. The predicted octanol–water partition coefficient (Wildman–Crippen LogP) is 12.9. The van der Waals surface area contributed by atoms with E-state index in [-0.39, 0.29) is 20.1 Å². The molecule has 3 aromatic heterocycles. The second-order valence-corrected chi connectivity index (χ2v) is 20.8. The molecule has 8 rings (SSSR count). The molecule has 0 N–H and O–H groups in total. The topological polar surface area (TPSA) is 43.9 Å². The third-order valence-electron chi connectivity index (χ3n) is 9.98. The fourth-order valence-corrected chi connectivity index (χ4v) is 7.97. The molecule has 6 heteroatoms. The zero-order valence-electron chi connectivity index (χ0n) is 33.7. The van der Waals surface area contributed by atoms with Gasteiger partial charge in [-0.3, -0.25) is 4.98 Å². The molecule has 54 heavy (non-hydrogen) atoms. The maximum Gasteiger partial charge on any atom is 0.120 e. The third-order valence-corrected chi connectivity index (χ3v) is 12.0. The fourth-order valence-electron chi connectivity index (χ4n) is 6.94. The van der Waals surface area contributed by atoms with E-state index in [0.717, 1.165) is 61.2 Å². The first-order valence-corrected chi connectivity index (χ1v) is 22.1. The van der Waals surface area contributed by atoms with Crippen molar-refractivity contribution in [2.45, 2.75) is 78.9 Å². The Morgan fingerprint density at radius 2 is 1.44 bits per heavy atom. The maximum atomic E-state index is 8.01. The zero-order valence-corrected chi connectivity index (χ0v) is 36.1. The van der Waals surface area contributed by atoms with Crippen LogP contribution in [0, 0.1) is 12.1 Å². The van der Waals surface area contributed by atoms with Crippen LogP contribution in [0.3, 0.4) is 0 Å². The Labute approximate surface area is 336 Å². The van der Waals surface area contributed by atoms with Crippen LogP contribution in [0.25, 0.3) is 61.3 Å². The van der Waals surface area contributed by atoms with Crippen molar-refractivity contribution in [1.29, 1.82) is 0 Å². The molecule has 0 atom stereocenters. The maximum absolute atomic E-state index is 8.01. The third kappa shape index (κ3) is 7.66. The minimum absolute atomic E-state index is 0. The quantitative estimate of drug-likeness (QED) is 0.118. The molecule has 0 aliphatic heterocycles. The van der Waals surface area contributed by atoms with E-state index in [1.54, 1.807) is 0 Å². The van der Waals surface area contributed by atoms with Crippen molar-refractivity contribution in [3.8, 4) is 28.3 Å². The molecule has 0 bridgehead atoms. The van der Waals surface area contributed by atoms with Gasteiger partial charge in [-0.2, -0.15) is 0 Å². The Hall–Kier alpha value is -4.61. The van der Waals surface area contributed by atoms with E-state index >= 15 is 0 Å². The van der Waals surface area contributed by atoms with E-state index in [1.165, 1.54) is 22.0 Å². The van der Waals surface area contributed by atoms with Gasteiger partial charge in [-0.05, 0) is 52.0 Å². The molecule has 0 fully saturated rings. The SMILES string of the molecule is CC(C)c1cccc(C(C)C)c1-n1c(-c2[c-]ccc3c2oc2ccccc23)nc2ccccc21.[2H]C(C)(C)c1c[c-]c(-c2ccc([Si](C)(C)C)cn2)cc1.[Ir]. The molecule has 5 aromatic carbocycles. The molecular weight excluding hydrogens is 855 g/mol. The first kappa shape index (κ1) is 37.7. The number of aromatic nitrogens is 3. The molecule has 0 unspecified atom stereocenters. The molecule has 0 aliphatic carbocycles. The van der Waals surface area contributed by atoms with Gasteiger partial charge >= 0.3 is 0 Å². The summed E-state index contributed by atoms with van der Waals surface area (Å²) in [6.45, 7) is 19.8. The number of furan rings is 1. The van der Waals surface area contributed by atoms with Crippen molar-refractivity contribution >= 4 is 46.2 Å². The molecule has 4 nitrogen and oxygen atoms in total. The van der Waals surface area contributed by atoms with Crippen LogP contribution in [-0.2, 0) is 20.1 Å². The monoisotopic (exact) mass is 905 g/mol. The summed E-state index contributed by atoms with van der Waals surface area (Å²) in [7, 11) is -1.29. The Kier molecular flexibility index (Phi) is 11.2. The second-order valence-electron chi connectivity index (χ2n) is 15.7. The van der Waals surface area contributed by atoms with Gasteiger partial charge in [-0.15, -0.1) is 53.6 Å². The van der Waals surface area contributed by atoms with Crippen molar-refractivity contribution in [1.82, 2.24) is 14.5 Å². The van der Waals surface area contributed by atoms with Gasteiger partial charge in [0.05, 0.1) is 30.5 Å². The molecule has 0 saturated heterocycles. The number of hydrogen-bond donors (Lipinski definition) is 0. The van der Waals surface area contributed by atoms with Crippen molar-refractivity contribution in [3.63, 3.8) is 0 Å². The van der Waals surface area contributed by atoms with E-state index in [4.69, 9.17) is 10.8 Å². The Morgan fingerprint density at radius 3 is 2.07 bits per heavy atom. The van der Waals surface area contributed by atoms with E-state index < -0.39 is 14.0 Å². The van der Waals surface area contributed by atoms with Gasteiger partial charge in [0.2, 0.25) is 0 Å². The van der Waals surface area contributed by atoms with Crippen LogP contribution in [0.2, 0.25) is 19.6 Å². The summed E-state index contributed by atoms with van der Waals surface area (Å²) < 4.78 is 16.7. The summed E-state index contributed by atoms with van der Waals surface area (Å²) in [5, 5.41) is 3.57. The number of rotatable bonds is 7. The molecule has 8 aromatic rings. The number of para-hydroxylation sites is 4. The van der Waals surface area contributed by atoms with Crippen LogP contribution in [0.4, 0.5) is 0 Å². The summed E-state index contributed by atoms with van der Waals surface area (Å²) in [5.74, 6) is 1.02. The predicted molar refractivity (Wildman–Crippen MR) is 226 cm³/mol. The van der Waals surface area contributed by atoms with Crippen LogP contribution in [0.15, 0.2) is 120 Å². The molecule has 0 spiro atoms. The average molecular weight is 905 g/mol. The van der Waals surface area contributed by atoms with E-state index in [1.807, 2.05) is 62.5 Å². The first-order valence-electron chi connectivity index (χ1n) is 19.1. The van der Waals surface area contributed by atoms with Crippen molar-refractivity contribution in [2.24, 2.45) is 0 Å². The number of pyridine rings is 1. The molecule has 277 valence electrons. The smallest absolute Gasteiger partial charge is 0.120 e. The summed E-state index contributed by atoms with van der Waals surface area (Å²) >= 11 is 0. The number of hydrogen-bond acceptors (Lipinski definition) is 3. The molecule has 1 radical (unpaired) electrons. The van der Waals surface area contributed by atoms with Gasteiger partial charge in [0.1, 0.15) is 5.58 Å². The summed E-state index contributed by atoms with van der Waals surface area (Å²) in [5.41, 5.74) is 11.4. The van der Waals surface area contributed by atoms with Gasteiger partial charge in [0.15, 0.2) is 0 Å². The van der Waals surface area contributed by atoms with Gasteiger partial charge in [-0.1, -0.05) is 139 Å². The second kappa shape index (κ2) is 16.0. The van der Waals surface area contributed by atoms with E-state index in [2.05, 4.69) is 136 Å². The summed E-state index contributed by atoms with van der Waals surface area (Å²) in [4.78, 5) is 9.72. The number of fused-ring (bicyclic) bond motifs is 4. The van der Waals surface area contributed by atoms with Crippen molar-refractivity contribution in [3.05, 3.63) is 144 Å². The van der Waals surface area contributed by atoms with Crippen molar-refractivity contribution in [2.75, 3.05) is 0 Å². The van der Waals surface area contributed by atoms with Crippen LogP contribution in [0.5, 0.6) is 0 Å². The Morgan fingerprint density at radius 1 is 0.741 bits per heavy atom. The number of imidazole rings is 1. The minimum Gasteiger partial charge on any atom is -0.501 e. The van der Waals surface area contributed by atoms with Gasteiger partial charge in [0, 0.05) is 38.7 Å². The number of benzene rings is 5. The largest absolute Gasteiger partial charge is 0.501 e. The van der Waals surface area contributed by atoms with Crippen LogP contribution in [0.1, 0.15) is 77.3 Å². The fraction of sp³-hybridized carbons (Fsp3) is 0.250.